The number of benzene rings is 1. The largest absolute Gasteiger partial charge is 0.466 e. The maximum absolute atomic E-state index is 13.5. The number of carbonyl (C=O) groups excluding carboxylic acids is 1. The van der Waals surface area contributed by atoms with Crippen molar-refractivity contribution in [1.82, 2.24) is 30.1 Å². The number of piperidine rings is 1. The van der Waals surface area contributed by atoms with Crippen LogP contribution in [-0.2, 0) is 20.8 Å². The Labute approximate surface area is 210 Å². The van der Waals surface area contributed by atoms with Crippen LogP contribution < -0.4 is 5.56 Å². The van der Waals surface area contributed by atoms with E-state index in [2.05, 4.69) is 31.5 Å². The molecule has 0 radical (unpaired) electrons. The predicted octanol–water partition coefficient (Wildman–Crippen LogP) is 2.67. The fourth-order valence-electron chi connectivity index (χ4n) is 5.42. The second-order valence-electron chi connectivity index (χ2n) is 9.84. The van der Waals surface area contributed by atoms with Crippen LogP contribution in [0.4, 0.5) is 0 Å². The Morgan fingerprint density at radius 2 is 2.06 bits per heavy atom. The van der Waals surface area contributed by atoms with Crippen molar-refractivity contribution in [1.29, 1.82) is 0 Å². The number of pyridine rings is 1. The molecule has 0 aliphatic carbocycles. The molecular formula is C26H34N6O4. The molecule has 0 unspecified atom stereocenters. The highest BCUT2D eigenvalue weighted by atomic mass is 16.5. The SMILES string of the molecule is CCOC(=O)C1CCN([C@@H](c2cc3ccc(C)c(C)c3[nH]c2=O)c2nnnn2C[C@H]2CCCO2)CC1. The fraction of sp³-hybridized carbons (Fsp3) is 0.577. The maximum atomic E-state index is 13.5. The third kappa shape index (κ3) is 4.79. The Morgan fingerprint density at radius 1 is 1.25 bits per heavy atom. The van der Waals surface area contributed by atoms with Gasteiger partial charge in [0, 0.05) is 25.3 Å². The molecular weight excluding hydrogens is 460 g/mol. The van der Waals surface area contributed by atoms with Gasteiger partial charge in [0.05, 0.1) is 30.7 Å². The number of aryl methyl sites for hydroxylation is 2. The molecule has 192 valence electrons. The molecule has 2 aliphatic rings. The molecule has 2 atom stereocenters. The van der Waals surface area contributed by atoms with Crippen molar-refractivity contribution in [3.05, 3.63) is 51.1 Å². The Kier molecular flexibility index (Phi) is 7.15. The van der Waals surface area contributed by atoms with Crippen LogP contribution in [0.25, 0.3) is 10.9 Å². The Bertz CT molecular complexity index is 1290. The number of hydrogen-bond acceptors (Lipinski definition) is 8. The van der Waals surface area contributed by atoms with Crippen LogP contribution in [0.3, 0.4) is 0 Å². The van der Waals surface area contributed by atoms with Gasteiger partial charge in [0.15, 0.2) is 5.82 Å². The Hall–Kier alpha value is -3.11. The highest BCUT2D eigenvalue weighted by Crippen LogP contribution is 2.32. The molecule has 5 rings (SSSR count). The molecule has 4 heterocycles. The van der Waals surface area contributed by atoms with E-state index in [1.54, 1.807) is 4.68 Å². The average Bonchev–Trinajstić information content (AvgIpc) is 3.56. The molecule has 2 aliphatic heterocycles. The molecule has 10 heteroatoms. The number of hydrogen-bond donors (Lipinski definition) is 1. The summed E-state index contributed by atoms with van der Waals surface area (Å²) in [5, 5.41) is 13.6. The van der Waals surface area contributed by atoms with Crippen molar-refractivity contribution in [2.75, 3.05) is 26.3 Å². The molecule has 0 bridgehead atoms. The molecule has 3 aromatic rings. The van der Waals surface area contributed by atoms with E-state index in [9.17, 15) is 9.59 Å². The van der Waals surface area contributed by atoms with E-state index in [1.807, 2.05) is 32.9 Å². The molecule has 0 saturated carbocycles. The molecule has 10 nitrogen and oxygen atoms in total. The number of likely N-dealkylation sites (tertiary alicyclic amines) is 1. The first-order chi connectivity index (χ1) is 17.5. The summed E-state index contributed by atoms with van der Waals surface area (Å²) in [4.78, 5) is 31.2. The summed E-state index contributed by atoms with van der Waals surface area (Å²) < 4.78 is 12.9. The Morgan fingerprint density at radius 3 is 2.78 bits per heavy atom. The number of rotatable bonds is 7. The number of nitrogens with one attached hydrogen (secondary N) is 1. The van der Waals surface area contributed by atoms with Gasteiger partial charge < -0.3 is 14.5 Å². The van der Waals surface area contributed by atoms with Crippen LogP contribution in [0.15, 0.2) is 23.0 Å². The van der Waals surface area contributed by atoms with Gasteiger partial charge in [0.2, 0.25) is 0 Å². The number of H-pyrrole nitrogens is 1. The number of aromatic nitrogens is 5. The average molecular weight is 495 g/mol. The fourth-order valence-corrected chi connectivity index (χ4v) is 5.42. The monoisotopic (exact) mass is 494 g/mol. The zero-order chi connectivity index (χ0) is 25.2. The normalized spacial score (nSPS) is 20.1. The lowest BCUT2D eigenvalue weighted by molar-refractivity contribution is -0.149. The topological polar surface area (TPSA) is 115 Å². The number of carbonyl (C=O) groups is 1. The van der Waals surface area contributed by atoms with Crippen molar-refractivity contribution in [3.63, 3.8) is 0 Å². The van der Waals surface area contributed by atoms with Gasteiger partial charge in [-0.1, -0.05) is 12.1 Å². The van der Waals surface area contributed by atoms with Crippen molar-refractivity contribution >= 4 is 16.9 Å². The number of esters is 1. The second-order valence-corrected chi connectivity index (χ2v) is 9.84. The van der Waals surface area contributed by atoms with E-state index in [1.165, 1.54) is 0 Å². The third-order valence-electron chi connectivity index (χ3n) is 7.59. The summed E-state index contributed by atoms with van der Waals surface area (Å²) in [6, 6.07) is 5.63. The predicted molar refractivity (Wildman–Crippen MR) is 134 cm³/mol. The lowest BCUT2D eigenvalue weighted by Gasteiger charge is -2.36. The first-order valence-electron chi connectivity index (χ1n) is 12.9. The van der Waals surface area contributed by atoms with Crippen LogP contribution in [0.5, 0.6) is 0 Å². The molecule has 1 N–H and O–H groups in total. The number of nitrogens with zero attached hydrogens (tertiary/aromatic N) is 5. The first-order valence-corrected chi connectivity index (χ1v) is 12.9. The smallest absolute Gasteiger partial charge is 0.309 e. The van der Waals surface area contributed by atoms with Crippen LogP contribution in [0, 0.1) is 19.8 Å². The van der Waals surface area contributed by atoms with Crippen molar-refractivity contribution in [3.8, 4) is 0 Å². The minimum Gasteiger partial charge on any atom is -0.466 e. The minimum absolute atomic E-state index is 0.0583. The van der Waals surface area contributed by atoms with E-state index in [-0.39, 0.29) is 23.6 Å². The summed E-state index contributed by atoms with van der Waals surface area (Å²) in [5.74, 6) is 0.338. The number of tetrazole rings is 1. The van der Waals surface area contributed by atoms with Gasteiger partial charge in [0.1, 0.15) is 6.04 Å². The van der Waals surface area contributed by atoms with E-state index in [4.69, 9.17) is 9.47 Å². The second kappa shape index (κ2) is 10.5. The van der Waals surface area contributed by atoms with Crippen LogP contribution in [-0.4, -0.2) is 68.5 Å². The highest BCUT2D eigenvalue weighted by molar-refractivity contribution is 5.83. The molecule has 0 amide bonds. The molecule has 36 heavy (non-hydrogen) atoms. The zero-order valence-corrected chi connectivity index (χ0v) is 21.2. The minimum atomic E-state index is -0.445. The maximum Gasteiger partial charge on any atom is 0.309 e. The van der Waals surface area contributed by atoms with Gasteiger partial charge in [-0.2, -0.15) is 0 Å². The molecule has 0 spiro atoms. The van der Waals surface area contributed by atoms with E-state index < -0.39 is 6.04 Å². The van der Waals surface area contributed by atoms with Gasteiger partial charge in [-0.05, 0) is 79.5 Å². The van der Waals surface area contributed by atoms with Crippen molar-refractivity contribution in [2.24, 2.45) is 5.92 Å². The quantitative estimate of drug-likeness (QED) is 0.499. The van der Waals surface area contributed by atoms with Crippen LogP contribution in [0.1, 0.15) is 61.2 Å². The lowest BCUT2D eigenvalue weighted by atomic mass is 9.93. The Balaban J connectivity index is 1.53. The van der Waals surface area contributed by atoms with Crippen molar-refractivity contribution < 1.29 is 14.3 Å². The molecule has 2 fully saturated rings. The van der Waals surface area contributed by atoms with Gasteiger partial charge >= 0.3 is 5.97 Å². The van der Waals surface area contributed by atoms with E-state index in [0.29, 0.717) is 50.5 Å². The van der Waals surface area contributed by atoms with Crippen molar-refractivity contribution in [2.45, 2.75) is 65.1 Å². The van der Waals surface area contributed by atoms with Gasteiger partial charge in [-0.15, -0.1) is 5.10 Å². The summed E-state index contributed by atoms with van der Waals surface area (Å²) >= 11 is 0. The zero-order valence-electron chi connectivity index (χ0n) is 21.2. The van der Waals surface area contributed by atoms with Gasteiger partial charge in [0.25, 0.3) is 5.56 Å². The standard InChI is InChI=1S/C26H34N6O4/c1-4-35-26(34)18-9-11-31(12-10-18)23(24-28-29-30-32(24)15-20-6-5-13-36-20)21-14-19-8-7-16(2)17(3)22(19)27-25(21)33/h7-8,14,18,20,23H,4-6,9-13,15H2,1-3H3,(H,27,33)/t20-,23+/m1/s1. The van der Waals surface area contributed by atoms with Gasteiger partial charge in [-0.25, -0.2) is 4.68 Å². The van der Waals surface area contributed by atoms with Gasteiger partial charge in [-0.3, -0.25) is 14.5 Å². The summed E-state index contributed by atoms with van der Waals surface area (Å²) in [6.45, 7) is 8.82. The number of fused-ring (bicyclic) bond motifs is 1. The van der Waals surface area contributed by atoms with E-state index >= 15 is 0 Å². The highest BCUT2D eigenvalue weighted by Gasteiger charge is 2.35. The number of aromatic amines is 1. The van der Waals surface area contributed by atoms with Crippen LogP contribution in [0.2, 0.25) is 0 Å². The molecule has 2 aromatic heterocycles. The summed E-state index contributed by atoms with van der Waals surface area (Å²) in [5.41, 5.74) is 3.49. The summed E-state index contributed by atoms with van der Waals surface area (Å²) in [6.07, 6.45) is 3.36. The van der Waals surface area contributed by atoms with E-state index in [0.717, 1.165) is 41.5 Å². The molecule has 1 aromatic carbocycles. The molecule has 2 saturated heterocycles. The first kappa shape index (κ1) is 24.6. The van der Waals surface area contributed by atoms with Crippen LogP contribution >= 0.6 is 0 Å². The number of ether oxygens (including phenoxy) is 2. The summed E-state index contributed by atoms with van der Waals surface area (Å²) in [7, 11) is 0. The lowest BCUT2D eigenvalue weighted by Crippen LogP contribution is -2.42. The third-order valence-corrected chi connectivity index (χ3v) is 7.59.